The number of hydrogen-bond donors (Lipinski definition) is 1. The van der Waals surface area contributed by atoms with Gasteiger partial charge in [-0.05, 0) is 33.0 Å². The molecule has 1 fully saturated rings. The third kappa shape index (κ3) is 4.29. The molecule has 1 saturated heterocycles. The van der Waals surface area contributed by atoms with Crippen molar-refractivity contribution in [1.29, 1.82) is 0 Å². The van der Waals surface area contributed by atoms with Crippen LogP contribution in [0.5, 0.6) is 5.75 Å². The number of aromatic nitrogens is 4. The lowest BCUT2D eigenvalue weighted by Gasteiger charge is -2.31. The molecule has 3 heterocycles. The van der Waals surface area contributed by atoms with E-state index in [1.165, 1.54) is 21.0 Å². The molecule has 10 nitrogen and oxygen atoms in total. The minimum atomic E-state index is -3.68. The number of piperazine rings is 1. The van der Waals surface area contributed by atoms with Crippen LogP contribution in [0.3, 0.4) is 0 Å². The van der Waals surface area contributed by atoms with Crippen LogP contribution in [0.15, 0.2) is 58.2 Å². The summed E-state index contributed by atoms with van der Waals surface area (Å²) in [7, 11) is -1.71. The average Bonchev–Trinajstić information content (AvgIpc) is 3.22. The van der Waals surface area contributed by atoms with Gasteiger partial charge in [0.05, 0.1) is 17.1 Å². The highest BCUT2D eigenvalue weighted by Crippen LogP contribution is 2.32. The predicted octanol–water partition coefficient (Wildman–Crippen LogP) is 2.39. The van der Waals surface area contributed by atoms with Crippen molar-refractivity contribution in [2.75, 3.05) is 39.8 Å². The lowest BCUT2D eigenvalue weighted by Crippen LogP contribution is -2.47. The molecule has 1 aliphatic rings. The molecule has 188 valence electrons. The fourth-order valence-electron chi connectivity index (χ4n) is 4.37. The molecular weight excluding hydrogens is 480 g/mol. The molecule has 0 spiro atoms. The van der Waals surface area contributed by atoms with E-state index >= 15 is 0 Å². The lowest BCUT2D eigenvalue weighted by atomic mass is 10.1. The van der Waals surface area contributed by atoms with E-state index in [9.17, 15) is 13.2 Å². The second kappa shape index (κ2) is 9.49. The number of aromatic amines is 1. The fourth-order valence-corrected chi connectivity index (χ4v) is 5.81. The maximum absolute atomic E-state index is 13.3. The van der Waals surface area contributed by atoms with Gasteiger partial charge in [0.2, 0.25) is 10.0 Å². The zero-order valence-corrected chi connectivity index (χ0v) is 21.2. The van der Waals surface area contributed by atoms with E-state index in [1.54, 1.807) is 13.0 Å². The van der Waals surface area contributed by atoms with Crippen LogP contribution in [0.2, 0.25) is 0 Å². The topological polar surface area (TPSA) is 113 Å². The standard InChI is InChI=1S/C25H28N6O4S/c1-4-35-21-16-19(36(33,34)30-14-12-29(3)13-15-30)10-11-20(21)24-27-25(32)23-22(18-8-6-5-7-9-18)26-17(2)31(23)28-24/h5-11,16H,4,12-15H2,1-3H3,(H,27,28,32). The fraction of sp³-hybridized carbons (Fsp3) is 0.320. The van der Waals surface area contributed by atoms with Gasteiger partial charge < -0.3 is 14.6 Å². The van der Waals surface area contributed by atoms with Crippen LogP contribution in [0.25, 0.3) is 28.2 Å². The first-order valence-electron chi connectivity index (χ1n) is 11.8. The van der Waals surface area contributed by atoms with Crippen molar-refractivity contribution in [3.8, 4) is 28.4 Å². The van der Waals surface area contributed by atoms with Crippen molar-refractivity contribution in [2.45, 2.75) is 18.7 Å². The number of nitrogens with one attached hydrogen (secondary N) is 1. The van der Waals surface area contributed by atoms with Crippen molar-refractivity contribution < 1.29 is 13.2 Å². The Kier molecular flexibility index (Phi) is 6.37. The highest BCUT2D eigenvalue weighted by atomic mass is 32.2. The minimum absolute atomic E-state index is 0.146. The van der Waals surface area contributed by atoms with Gasteiger partial charge in [0.25, 0.3) is 5.56 Å². The first-order valence-corrected chi connectivity index (χ1v) is 13.2. The molecular formula is C25H28N6O4S. The van der Waals surface area contributed by atoms with Gasteiger partial charge in [-0.15, -0.1) is 5.10 Å². The summed E-state index contributed by atoms with van der Waals surface area (Å²) in [6.45, 7) is 6.13. The number of rotatable bonds is 6. The van der Waals surface area contributed by atoms with Crippen molar-refractivity contribution in [3.63, 3.8) is 0 Å². The van der Waals surface area contributed by atoms with Crippen molar-refractivity contribution in [2.24, 2.45) is 0 Å². The number of hydrogen-bond acceptors (Lipinski definition) is 7. The summed E-state index contributed by atoms with van der Waals surface area (Å²) in [4.78, 5) is 22.9. The Hall–Kier alpha value is -3.54. The molecule has 0 aliphatic carbocycles. The average molecular weight is 509 g/mol. The maximum atomic E-state index is 13.3. The van der Waals surface area contributed by atoms with E-state index in [0.717, 1.165) is 5.56 Å². The van der Waals surface area contributed by atoms with Gasteiger partial charge in [-0.1, -0.05) is 30.3 Å². The minimum Gasteiger partial charge on any atom is -0.493 e. The molecule has 11 heteroatoms. The Morgan fingerprint density at radius 2 is 1.78 bits per heavy atom. The summed E-state index contributed by atoms with van der Waals surface area (Å²) >= 11 is 0. The zero-order valence-electron chi connectivity index (χ0n) is 20.4. The summed E-state index contributed by atoms with van der Waals surface area (Å²) in [5.74, 6) is 1.15. The Bertz CT molecular complexity index is 1570. The Balaban J connectivity index is 1.59. The van der Waals surface area contributed by atoms with Crippen molar-refractivity contribution in [3.05, 3.63) is 64.7 Å². The van der Waals surface area contributed by atoms with Crippen LogP contribution < -0.4 is 10.3 Å². The second-order valence-corrected chi connectivity index (χ2v) is 10.7. The molecule has 0 saturated carbocycles. The lowest BCUT2D eigenvalue weighted by molar-refractivity contribution is 0.222. The van der Waals surface area contributed by atoms with Crippen LogP contribution in [0.4, 0.5) is 0 Å². The van der Waals surface area contributed by atoms with Crippen LogP contribution in [-0.2, 0) is 10.0 Å². The highest BCUT2D eigenvalue weighted by Gasteiger charge is 2.29. The summed E-state index contributed by atoms with van der Waals surface area (Å²) in [5.41, 5.74) is 1.84. The highest BCUT2D eigenvalue weighted by molar-refractivity contribution is 7.89. The largest absolute Gasteiger partial charge is 0.493 e. The Labute approximate surface area is 209 Å². The Morgan fingerprint density at radius 3 is 2.47 bits per heavy atom. The molecule has 1 aliphatic heterocycles. The van der Waals surface area contributed by atoms with E-state index in [1.807, 2.05) is 44.3 Å². The predicted molar refractivity (Wildman–Crippen MR) is 137 cm³/mol. The SMILES string of the molecule is CCOc1cc(S(=O)(=O)N2CCN(C)CC2)ccc1-c1nn2c(C)nc(-c3ccccc3)c2c(=O)[nH]1. The zero-order chi connectivity index (χ0) is 25.4. The summed E-state index contributed by atoms with van der Waals surface area (Å²) in [6.07, 6.45) is 0. The summed E-state index contributed by atoms with van der Waals surface area (Å²) in [5, 5.41) is 4.64. The number of fused-ring (bicyclic) bond motifs is 1. The molecule has 2 aromatic heterocycles. The molecule has 2 aromatic carbocycles. The van der Waals surface area contributed by atoms with Crippen LogP contribution in [-0.4, -0.2) is 77.0 Å². The quantitative estimate of drug-likeness (QED) is 0.426. The van der Waals surface area contributed by atoms with Gasteiger partial charge in [0.15, 0.2) is 11.3 Å². The van der Waals surface area contributed by atoms with Gasteiger partial charge in [-0.3, -0.25) is 4.79 Å². The number of H-pyrrole nitrogens is 1. The molecule has 0 atom stereocenters. The Morgan fingerprint density at radius 1 is 1.06 bits per heavy atom. The van der Waals surface area contributed by atoms with Crippen molar-refractivity contribution >= 4 is 15.5 Å². The van der Waals surface area contributed by atoms with E-state index in [-0.39, 0.29) is 16.3 Å². The second-order valence-electron chi connectivity index (χ2n) is 8.74. The van der Waals surface area contributed by atoms with E-state index < -0.39 is 10.0 Å². The third-order valence-electron chi connectivity index (χ3n) is 6.32. The van der Waals surface area contributed by atoms with Crippen LogP contribution >= 0.6 is 0 Å². The summed E-state index contributed by atoms with van der Waals surface area (Å²) < 4.78 is 35.4. The molecule has 5 rings (SSSR count). The third-order valence-corrected chi connectivity index (χ3v) is 8.21. The molecule has 1 N–H and O–H groups in total. The van der Waals surface area contributed by atoms with Crippen molar-refractivity contribution in [1.82, 2.24) is 28.8 Å². The molecule has 0 unspecified atom stereocenters. The number of sulfonamides is 1. The van der Waals surface area contributed by atoms with Crippen LogP contribution in [0.1, 0.15) is 12.7 Å². The van der Waals surface area contributed by atoms with Gasteiger partial charge in [-0.2, -0.15) is 4.31 Å². The molecule has 36 heavy (non-hydrogen) atoms. The van der Waals surface area contributed by atoms with Crippen LogP contribution in [0, 0.1) is 6.92 Å². The number of nitrogens with zero attached hydrogens (tertiary/aromatic N) is 5. The number of benzene rings is 2. The number of likely N-dealkylation sites (N-methyl/N-ethyl adjacent to an activating group) is 1. The van der Waals surface area contributed by atoms with E-state index in [0.29, 0.717) is 61.1 Å². The first kappa shape index (κ1) is 24.2. The molecule has 0 bridgehead atoms. The van der Waals surface area contributed by atoms with Gasteiger partial charge >= 0.3 is 0 Å². The van der Waals surface area contributed by atoms with Gasteiger partial charge in [0, 0.05) is 37.8 Å². The van der Waals surface area contributed by atoms with Gasteiger partial charge in [-0.25, -0.2) is 17.9 Å². The number of ether oxygens (including phenoxy) is 1. The number of imidazole rings is 1. The summed E-state index contributed by atoms with van der Waals surface area (Å²) in [6, 6.07) is 14.1. The first-order chi connectivity index (χ1) is 17.3. The smallest absolute Gasteiger partial charge is 0.277 e. The molecule has 0 radical (unpaired) electrons. The van der Waals surface area contributed by atoms with Gasteiger partial charge in [0.1, 0.15) is 17.3 Å². The molecule has 0 amide bonds. The maximum Gasteiger partial charge on any atom is 0.277 e. The number of aryl methyl sites for hydroxylation is 1. The normalized spacial score (nSPS) is 15.4. The van der Waals surface area contributed by atoms with E-state index in [4.69, 9.17) is 4.74 Å². The molecule has 4 aromatic rings. The monoisotopic (exact) mass is 508 g/mol. The van der Waals surface area contributed by atoms with E-state index in [2.05, 4.69) is 20.0 Å².